The van der Waals surface area contributed by atoms with E-state index in [0.29, 0.717) is 12.0 Å². The lowest BCUT2D eigenvalue weighted by molar-refractivity contribution is -0.122. The van der Waals surface area contributed by atoms with Gasteiger partial charge in [0.2, 0.25) is 0 Å². The summed E-state index contributed by atoms with van der Waals surface area (Å²) in [6.45, 7) is 0. The Labute approximate surface area is 151 Å². The number of nitrogens with zero attached hydrogens (tertiary/aromatic N) is 2. The summed E-state index contributed by atoms with van der Waals surface area (Å²) in [7, 11) is 0. The number of rotatable bonds is 1. The maximum absolute atomic E-state index is 12.6. The first-order valence-corrected chi connectivity index (χ1v) is 9.43. The van der Waals surface area contributed by atoms with Crippen molar-refractivity contribution >= 4 is 28.9 Å². The predicted molar refractivity (Wildman–Crippen MR) is 100 cm³/mol. The third-order valence-electron chi connectivity index (χ3n) is 5.87. The third-order valence-corrected chi connectivity index (χ3v) is 5.87. The van der Waals surface area contributed by atoms with Crippen molar-refractivity contribution in [2.75, 3.05) is 5.32 Å². The molecule has 1 aliphatic heterocycles. The van der Waals surface area contributed by atoms with Gasteiger partial charge < -0.3 is 9.73 Å². The smallest absolute Gasteiger partial charge is 0.302 e. The molecule has 2 atom stereocenters. The number of hydrogen-bond donors (Lipinski definition) is 2. The molecular formula is C20H22N4O2. The van der Waals surface area contributed by atoms with E-state index >= 15 is 0 Å². The van der Waals surface area contributed by atoms with Gasteiger partial charge in [0.15, 0.2) is 17.3 Å². The van der Waals surface area contributed by atoms with Crippen LogP contribution in [-0.2, 0) is 4.79 Å². The fraction of sp³-hybridized carbons (Fsp3) is 0.450. The molecule has 1 fully saturated rings. The van der Waals surface area contributed by atoms with E-state index in [1.54, 1.807) is 6.08 Å². The maximum Gasteiger partial charge on any atom is 0.302 e. The SMILES string of the molecule is O=C1C=CC[C@@H]2N=C(Nc3nc4ccccc4o3)NC3(CCCCC3)[C@@H]12. The first kappa shape index (κ1) is 15.6. The Balaban J connectivity index is 1.48. The normalized spacial score (nSPS) is 27.1. The summed E-state index contributed by atoms with van der Waals surface area (Å²) in [5.74, 6) is 0.810. The monoisotopic (exact) mass is 350 g/mol. The largest absolute Gasteiger partial charge is 0.423 e. The molecule has 2 N–H and O–H groups in total. The average Bonchev–Trinajstić information content (AvgIpc) is 3.04. The molecule has 26 heavy (non-hydrogen) atoms. The lowest BCUT2D eigenvalue weighted by Gasteiger charge is -2.49. The first-order valence-electron chi connectivity index (χ1n) is 9.43. The minimum atomic E-state index is -0.207. The Hall–Kier alpha value is -2.63. The fourth-order valence-corrected chi connectivity index (χ4v) is 4.74. The van der Waals surface area contributed by atoms with Gasteiger partial charge in [-0.15, -0.1) is 0 Å². The van der Waals surface area contributed by atoms with Crippen LogP contribution in [0, 0.1) is 5.92 Å². The second-order valence-corrected chi connectivity index (χ2v) is 7.52. The molecule has 0 unspecified atom stereocenters. The molecular weight excluding hydrogens is 328 g/mol. The predicted octanol–water partition coefficient (Wildman–Crippen LogP) is 3.42. The van der Waals surface area contributed by atoms with Gasteiger partial charge in [0.1, 0.15) is 5.52 Å². The van der Waals surface area contributed by atoms with Crippen LogP contribution in [0.25, 0.3) is 11.1 Å². The lowest BCUT2D eigenvalue weighted by Crippen LogP contribution is -2.64. The van der Waals surface area contributed by atoms with Gasteiger partial charge in [0.05, 0.1) is 17.5 Å². The minimum Gasteiger partial charge on any atom is -0.423 e. The molecule has 1 saturated carbocycles. The van der Waals surface area contributed by atoms with E-state index < -0.39 is 0 Å². The molecule has 0 saturated heterocycles. The maximum atomic E-state index is 12.6. The van der Waals surface area contributed by atoms with E-state index in [2.05, 4.69) is 15.6 Å². The van der Waals surface area contributed by atoms with Gasteiger partial charge in [-0.05, 0) is 37.5 Å². The second kappa shape index (κ2) is 5.97. The number of fused-ring (bicyclic) bond motifs is 3. The molecule has 2 heterocycles. The molecule has 134 valence electrons. The number of carbonyl (C=O) groups is 1. The summed E-state index contributed by atoms with van der Waals surface area (Å²) >= 11 is 0. The van der Waals surface area contributed by atoms with Crippen molar-refractivity contribution < 1.29 is 9.21 Å². The Morgan fingerprint density at radius 2 is 2.04 bits per heavy atom. The highest BCUT2D eigenvalue weighted by atomic mass is 16.4. The third kappa shape index (κ3) is 2.52. The number of carbonyl (C=O) groups excluding carboxylic acids is 1. The van der Waals surface area contributed by atoms with Gasteiger partial charge in [-0.25, -0.2) is 4.99 Å². The average molecular weight is 350 g/mol. The standard InChI is InChI=1S/C20H22N4O2/c25-15-9-6-8-14-17(15)20(11-4-1-5-12-20)24-18(21-14)23-19-22-13-7-2-3-10-16(13)26-19/h2-3,6-7,9-10,14,17H,1,4-5,8,11-12H2,(H2,21,22,23,24)/t14-,17+/m0/s1. The molecule has 5 rings (SSSR count). The molecule has 1 aromatic carbocycles. The van der Waals surface area contributed by atoms with Crippen LogP contribution in [0.5, 0.6) is 0 Å². The molecule has 0 amide bonds. The summed E-state index contributed by atoms with van der Waals surface area (Å²) in [4.78, 5) is 21.9. The van der Waals surface area contributed by atoms with Crippen LogP contribution in [0.15, 0.2) is 45.8 Å². The van der Waals surface area contributed by atoms with E-state index in [0.717, 1.165) is 43.2 Å². The van der Waals surface area contributed by atoms with E-state index in [9.17, 15) is 4.79 Å². The first-order chi connectivity index (χ1) is 12.7. The van der Waals surface area contributed by atoms with Crippen molar-refractivity contribution in [3.05, 3.63) is 36.4 Å². The zero-order valence-electron chi connectivity index (χ0n) is 14.6. The molecule has 6 heteroatoms. The van der Waals surface area contributed by atoms with Gasteiger partial charge in [0, 0.05) is 0 Å². The van der Waals surface area contributed by atoms with Crippen LogP contribution in [0.3, 0.4) is 0 Å². The second-order valence-electron chi connectivity index (χ2n) is 7.52. The summed E-state index contributed by atoms with van der Waals surface area (Å²) in [6, 6.07) is 8.09. The molecule has 0 bridgehead atoms. The molecule has 3 aliphatic rings. The number of ketones is 1. The Morgan fingerprint density at radius 3 is 2.88 bits per heavy atom. The van der Waals surface area contributed by atoms with Crippen molar-refractivity contribution in [1.82, 2.24) is 10.3 Å². The molecule has 6 nitrogen and oxygen atoms in total. The zero-order chi connectivity index (χ0) is 17.6. The number of oxazole rings is 1. The summed E-state index contributed by atoms with van der Waals surface area (Å²) in [6.07, 6.45) is 10.0. The summed E-state index contributed by atoms with van der Waals surface area (Å²) in [5, 5.41) is 6.79. The fourth-order valence-electron chi connectivity index (χ4n) is 4.74. The number of allylic oxidation sites excluding steroid dienone is 1. The van der Waals surface area contributed by atoms with E-state index in [-0.39, 0.29) is 23.3 Å². The molecule has 1 spiro atoms. The molecule has 2 aliphatic carbocycles. The van der Waals surface area contributed by atoms with Crippen LogP contribution < -0.4 is 10.6 Å². The van der Waals surface area contributed by atoms with Crippen molar-refractivity contribution in [2.24, 2.45) is 10.9 Å². The highest BCUT2D eigenvalue weighted by Gasteiger charge is 2.50. The topological polar surface area (TPSA) is 79.5 Å². The summed E-state index contributed by atoms with van der Waals surface area (Å²) < 4.78 is 5.78. The summed E-state index contributed by atoms with van der Waals surface area (Å²) in [5.41, 5.74) is 1.35. The van der Waals surface area contributed by atoms with Crippen molar-refractivity contribution in [3.8, 4) is 0 Å². The quantitative estimate of drug-likeness (QED) is 0.824. The number of anilines is 1. The molecule has 2 aromatic rings. The number of aliphatic imine (C=N–C) groups is 1. The van der Waals surface area contributed by atoms with Crippen molar-refractivity contribution in [2.45, 2.75) is 50.1 Å². The number of nitrogens with one attached hydrogen (secondary N) is 2. The van der Waals surface area contributed by atoms with E-state index in [4.69, 9.17) is 9.41 Å². The number of aromatic nitrogens is 1. The highest BCUT2D eigenvalue weighted by molar-refractivity contribution is 5.99. The van der Waals surface area contributed by atoms with Gasteiger partial charge in [-0.3, -0.25) is 10.1 Å². The number of para-hydroxylation sites is 2. The number of guanidine groups is 1. The van der Waals surface area contributed by atoms with Crippen LogP contribution in [0.1, 0.15) is 38.5 Å². The van der Waals surface area contributed by atoms with Crippen molar-refractivity contribution in [1.29, 1.82) is 0 Å². The molecule has 0 radical (unpaired) electrons. The van der Waals surface area contributed by atoms with Crippen LogP contribution in [0.2, 0.25) is 0 Å². The van der Waals surface area contributed by atoms with Gasteiger partial charge in [0.25, 0.3) is 0 Å². The van der Waals surface area contributed by atoms with Gasteiger partial charge in [-0.1, -0.05) is 37.5 Å². The van der Waals surface area contributed by atoms with Crippen molar-refractivity contribution in [3.63, 3.8) is 0 Å². The highest BCUT2D eigenvalue weighted by Crippen LogP contribution is 2.42. The van der Waals surface area contributed by atoms with Crippen LogP contribution in [-0.4, -0.2) is 28.3 Å². The lowest BCUT2D eigenvalue weighted by atomic mass is 9.65. The number of hydrogen-bond acceptors (Lipinski definition) is 6. The van der Waals surface area contributed by atoms with Crippen LogP contribution in [0.4, 0.5) is 6.01 Å². The Bertz CT molecular complexity index is 874. The Kier molecular flexibility index (Phi) is 3.58. The van der Waals surface area contributed by atoms with E-state index in [1.807, 2.05) is 30.3 Å². The number of benzene rings is 1. The Morgan fingerprint density at radius 1 is 1.19 bits per heavy atom. The van der Waals surface area contributed by atoms with Crippen LogP contribution >= 0.6 is 0 Å². The van der Waals surface area contributed by atoms with Gasteiger partial charge in [-0.2, -0.15) is 4.98 Å². The zero-order valence-corrected chi connectivity index (χ0v) is 14.6. The minimum absolute atomic E-state index is 0.0151. The van der Waals surface area contributed by atoms with E-state index in [1.165, 1.54) is 6.42 Å². The molecule has 1 aromatic heterocycles. The van der Waals surface area contributed by atoms with Gasteiger partial charge >= 0.3 is 6.01 Å².